The van der Waals surface area contributed by atoms with E-state index in [1.54, 1.807) is 12.1 Å². The standard InChI is InChI=1S/C17H15NO4S/c1-12-7-8-14(22-12)11-15-16(19)18(17(20)23-15)9-10-21-13-5-3-2-4-6-13/h2-8,11H,9-10H2,1H3/b15-11-. The fourth-order valence-corrected chi connectivity index (χ4v) is 2.97. The summed E-state index contributed by atoms with van der Waals surface area (Å²) < 4.78 is 10.9. The monoisotopic (exact) mass is 329 g/mol. The van der Waals surface area contributed by atoms with Gasteiger partial charge in [-0.25, -0.2) is 0 Å². The lowest BCUT2D eigenvalue weighted by atomic mass is 10.3. The molecule has 0 spiro atoms. The van der Waals surface area contributed by atoms with Crippen LogP contribution < -0.4 is 4.74 Å². The first-order valence-corrected chi connectivity index (χ1v) is 7.95. The minimum Gasteiger partial charge on any atom is -0.492 e. The van der Waals surface area contributed by atoms with Crippen molar-refractivity contribution < 1.29 is 18.7 Å². The Morgan fingerprint density at radius 3 is 2.65 bits per heavy atom. The van der Waals surface area contributed by atoms with Gasteiger partial charge in [-0.15, -0.1) is 0 Å². The number of hydrogen-bond donors (Lipinski definition) is 0. The summed E-state index contributed by atoms with van der Waals surface area (Å²) in [7, 11) is 0. The van der Waals surface area contributed by atoms with Crippen molar-refractivity contribution in [2.75, 3.05) is 13.2 Å². The molecule has 0 unspecified atom stereocenters. The number of carbonyl (C=O) groups is 2. The molecule has 3 rings (SSSR count). The Labute approximate surface area is 137 Å². The van der Waals surface area contributed by atoms with E-state index in [0.29, 0.717) is 16.4 Å². The SMILES string of the molecule is Cc1ccc(/C=C2\SC(=O)N(CCOc3ccccc3)C2=O)o1. The van der Waals surface area contributed by atoms with E-state index in [2.05, 4.69) is 0 Å². The molecule has 0 aliphatic carbocycles. The largest absolute Gasteiger partial charge is 0.492 e. The number of rotatable bonds is 5. The quantitative estimate of drug-likeness (QED) is 0.783. The van der Waals surface area contributed by atoms with Gasteiger partial charge in [0.1, 0.15) is 23.9 Å². The number of benzene rings is 1. The van der Waals surface area contributed by atoms with E-state index in [9.17, 15) is 9.59 Å². The second-order valence-corrected chi connectivity index (χ2v) is 5.94. The molecule has 2 aromatic rings. The van der Waals surface area contributed by atoms with Gasteiger partial charge >= 0.3 is 0 Å². The van der Waals surface area contributed by atoms with Crippen LogP contribution in [0.5, 0.6) is 5.75 Å². The van der Waals surface area contributed by atoms with Crippen LogP contribution in [-0.2, 0) is 4.79 Å². The molecular formula is C17H15NO4S. The number of para-hydroxylation sites is 1. The summed E-state index contributed by atoms with van der Waals surface area (Å²) >= 11 is 0.915. The zero-order valence-corrected chi connectivity index (χ0v) is 13.3. The fourth-order valence-electron chi connectivity index (χ4n) is 2.12. The third-order valence-corrected chi connectivity index (χ3v) is 4.14. The van der Waals surface area contributed by atoms with Crippen molar-refractivity contribution >= 4 is 29.0 Å². The molecule has 2 amide bonds. The summed E-state index contributed by atoms with van der Waals surface area (Å²) in [6.45, 7) is 2.30. The van der Waals surface area contributed by atoms with Crippen LogP contribution in [0.3, 0.4) is 0 Å². The summed E-state index contributed by atoms with van der Waals surface area (Å²) in [5.41, 5.74) is 0. The smallest absolute Gasteiger partial charge is 0.293 e. The molecule has 1 aromatic heterocycles. The Bertz CT molecular complexity index is 751. The maximum absolute atomic E-state index is 12.3. The number of thioether (sulfide) groups is 1. The maximum atomic E-state index is 12.3. The molecule has 0 saturated carbocycles. The number of hydrogen-bond acceptors (Lipinski definition) is 5. The number of aryl methyl sites for hydroxylation is 1. The van der Waals surface area contributed by atoms with Gasteiger partial charge in [0.05, 0.1) is 11.4 Å². The van der Waals surface area contributed by atoms with Crippen LogP contribution in [0.2, 0.25) is 0 Å². The topological polar surface area (TPSA) is 59.8 Å². The minimum absolute atomic E-state index is 0.216. The van der Waals surface area contributed by atoms with Crippen molar-refractivity contribution in [1.82, 2.24) is 4.90 Å². The van der Waals surface area contributed by atoms with Gasteiger partial charge in [-0.05, 0) is 43.0 Å². The van der Waals surface area contributed by atoms with Crippen molar-refractivity contribution in [3.05, 3.63) is 58.9 Å². The Kier molecular flexibility index (Phi) is 4.52. The normalized spacial score (nSPS) is 16.4. The van der Waals surface area contributed by atoms with Gasteiger partial charge in [0, 0.05) is 6.08 Å². The van der Waals surface area contributed by atoms with Crippen LogP contribution in [-0.4, -0.2) is 29.2 Å². The third-order valence-electron chi connectivity index (χ3n) is 3.23. The van der Waals surface area contributed by atoms with Crippen LogP contribution in [0.1, 0.15) is 11.5 Å². The van der Waals surface area contributed by atoms with Crippen molar-refractivity contribution in [1.29, 1.82) is 0 Å². The number of furan rings is 1. The molecule has 118 valence electrons. The first-order valence-electron chi connectivity index (χ1n) is 7.13. The Balaban J connectivity index is 1.61. The third kappa shape index (κ3) is 3.65. The number of carbonyl (C=O) groups excluding carboxylic acids is 2. The van der Waals surface area contributed by atoms with Crippen molar-refractivity contribution in [2.24, 2.45) is 0 Å². The second-order valence-electron chi connectivity index (χ2n) is 4.94. The molecule has 0 atom stereocenters. The number of nitrogens with zero attached hydrogens (tertiary/aromatic N) is 1. The first-order chi connectivity index (χ1) is 11.1. The van der Waals surface area contributed by atoms with E-state index in [-0.39, 0.29) is 24.3 Å². The number of imide groups is 1. The molecule has 0 bridgehead atoms. The van der Waals surface area contributed by atoms with Gasteiger partial charge in [0.15, 0.2) is 0 Å². The van der Waals surface area contributed by atoms with Gasteiger partial charge in [-0.3, -0.25) is 14.5 Å². The Morgan fingerprint density at radius 2 is 1.96 bits per heavy atom. The fraction of sp³-hybridized carbons (Fsp3) is 0.176. The van der Waals surface area contributed by atoms with E-state index in [0.717, 1.165) is 17.5 Å². The molecule has 0 N–H and O–H groups in total. The van der Waals surface area contributed by atoms with E-state index < -0.39 is 0 Å². The van der Waals surface area contributed by atoms with Crippen molar-refractivity contribution in [3.8, 4) is 5.75 Å². The zero-order chi connectivity index (χ0) is 16.2. The summed E-state index contributed by atoms with van der Waals surface area (Å²) in [6, 6.07) is 12.9. The lowest BCUT2D eigenvalue weighted by Gasteiger charge is -2.13. The average Bonchev–Trinajstić information content (AvgIpc) is 3.06. The molecule has 0 radical (unpaired) electrons. The molecule has 23 heavy (non-hydrogen) atoms. The molecule has 1 aliphatic heterocycles. The predicted molar refractivity (Wildman–Crippen MR) is 88.1 cm³/mol. The molecule has 1 saturated heterocycles. The zero-order valence-electron chi connectivity index (χ0n) is 12.5. The second kappa shape index (κ2) is 6.75. The Hall–Kier alpha value is -2.47. The van der Waals surface area contributed by atoms with Crippen LogP contribution >= 0.6 is 11.8 Å². The Morgan fingerprint density at radius 1 is 1.17 bits per heavy atom. The van der Waals surface area contributed by atoms with Crippen molar-refractivity contribution in [2.45, 2.75) is 6.92 Å². The lowest BCUT2D eigenvalue weighted by Crippen LogP contribution is -2.32. The summed E-state index contributed by atoms with van der Waals surface area (Å²) in [5, 5.41) is -0.291. The van der Waals surface area contributed by atoms with E-state index in [1.165, 1.54) is 4.90 Å². The highest BCUT2D eigenvalue weighted by Crippen LogP contribution is 2.32. The van der Waals surface area contributed by atoms with Gasteiger partial charge in [-0.1, -0.05) is 18.2 Å². The maximum Gasteiger partial charge on any atom is 0.293 e. The highest BCUT2D eigenvalue weighted by atomic mass is 32.2. The van der Waals surface area contributed by atoms with Crippen LogP contribution in [0.4, 0.5) is 4.79 Å². The lowest BCUT2D eigenvalue weighted by molar-refractivity contribution is -0.123. The highest BCUT2D eigenvalue weighted by Gasteiger charge is 2.35. The predicted octanol–water partition coefficient (Wildman–Crippen LogP) is 3.70. The van der Waals surface area contributed by atoms with Crippen LogP contribution in [0.25, 0.3) is 6.08 Å². The summed E-state index contributed by atoms with van der Waals surface area (Å²) in [6.07, 6.45) is 1.59. The van der Waals surface area contributed by atoms with Crippen LogP contribution in [0, 0.1) is 6.92 Å². The highest BCUT2D eigenvalue weighted by molar-refractivity contribution is 8.18. The van der Waals surface area contributed by atoms with Crippen molar-refractivity contribution in [3.63, 3.8) is 0 Å². The van der Waals surface area contributed by atoms with Gasteiger partial charge in [0.25, 0.3) is 11.1 Å². The molecule has 2 heterocycles. The van der Waals surface area contributed by atoms with E-state index in [4.69, 9.17) is 9.15 Å². The summed E-state index contributed by atoms with van der Waals surface area (Å²) in [5.74, 6) is 1.71. The van der Waals surface area contributed by atoms with E-state index in [1.807, 2.05) is 43.3 Å². The van der Waals surface area contributed by atoms with E-state index >= 15 is 0 Å². The van der Waals surface area contributed by atoms with Crippen LogP contribution in [0.15, 0.2) is 51.8 Å². The van der Waals surface area contributed by atoms with Gasteiger partial charge in [-0.2, -0.15) is 0 Å². The molecule has 5 nitrogen and oxygen atoms in total. The first kappa shape index (κ1) is 15.4. The molecule has 1 fully saturated rings. The number of ether oxygens (including phenoxy) is 1. The summed E-state index contributed by atoms with van der Waals surface area (Å²) in [4.78, 5) is 25.8. The number of amides is 2. The molecule has 6 heteroatoms. The molecule has 1 aliphatic rings. The van der Waals surface area contributed by atoms with Gasteiger partial charge in [0.2, 0.25) is 0 Å². The van der Waals surface area contributed by atoms with Gasteiger partial charge < -0.3 is 9.15 Å². The molecular weight excluding hydrogens is 314 g/mol. The average molecular weight is 329 g/mol. The minimum atomic E-state index is -0.314. The molecule has 1 aromatic carbocycles.